The third-order valence-corrected chi connectivity index (χ3v) is 11.8. The van der Waals surface area contributed by atoms with Gasteiger partial charge in [-0.15, -0.1) is 0 Å². The van der Waals surface area contributed by atoms with Gasteiger partial charge in [0.1, 0.15) is 22.3 Å². The van der Waals surface area contributed by atoms with E-state index in [1.54, 1.807) is 0 Å². The normalized spacial score (nSPS) is 11.7. The molecule has 3 nitrogen and oxygen atoms in total. The highest BCUT2D eigenvalue weighted by Gasteiger charge is 2.20. The number of anilines is 3. The molecule has 276 valence electrons. The second-order valence-electron chi connectivity index (χ2n) is 15.2. The van der Waals surface area contributed by atoms with Crippen LogP contribution in [0.2, 0.25) is 0 Å². The summed E-state index contributed by atoms with van der Waals surface area (Å²) in [5, 5.41) is 9.45. The molecule has 0 saturated heterocycles. The van der Waals surface area contributed by atoms with Crippen LogP contribution in [0.25, 0.3) is 98.8 Å². The maximum absolute atomic E-state index is 6.39. The fourth-order valence-corrected chi connectivity index (χ4v) is 9.16. The van der Waals surface area contributed by atoms with Crippen molar-refractivity contribution in [1.82, 2.24) is 0 Å². The van der Waals surface area contributed by atoms with Crippen molar-refractivity contribution in [2.45, 2.75) is 0 Å². The average molecular weight is 754 g/mol. The molecule has 0 aliphatic heterocycles. The first kappa shape index (κ1) is 33.3. The van der Waals surface area contributed by atoms with Crippen LogP contribution in [0.1, 0.15) is 0 Å². The molecule has 0 aliphatic rings. The Morgan fingerprint density at radius 3 is 1.24 bits per heavy atom. The smallest absolute Gasteiger partial charge is 0.137 e. The first-order chi connectivity index (χ1) is 29.2. The molecule has 12 rings (SSSR count). The van der Waals surface area contributed by atoms with Gasteiger partial charge in [0.05, 0.1) is 0 Å². The lowest BCUT2D eigenvalue weighted by molar-refractivity contribution is 0.669. The number of fused-ring (bicyclic) bond motifs is 9. The largest absolute Gasteiger partial charge is 0.456 e. The number of hydrogen-bond donors (Lipinski definition) is 0. The summed E-state index contributed by atoms with van der Waals surface area (Å²) < 4.78 is 12.8. The van der Waals surface area contributed by atoms with Crippen LogP contribution in [-0.4, -0.2) is 0 Å². The van der Waals surface area contributed by atoms with E-state index in [-0.39, 0.29) is 0 Å². The molecule has 3 heteroatoms. The van der Waals surface area contributed by atoms with E-state index < -0.39 is 0 Å². The molecular formula is C56H35NO2. The molecule has 59 heavy (non-hydrogen) atoms. The van der Waals surface area contributed by atoms with E-state index in [0.717, 1.165) is 72.1 Å². The Morgan fingerprint density at radius 1 is 0.237 bits per heavy atom. The standard InChI is InChI=1S/C56H35NO2/c1-2-13-37(14-3-1)55-49-21-6-4-17-43(49)44-18-5-7-22-50(44)56(55)39-16-12-15-38(33-39)36-25-27-40(28-26-36)57(41-29-31-47-45-19-8-10-23-51(45)58-53(47)34-41)42-30-32-48-46-20-9-11-24-52(46)59-54(48)35-42/h1-35H. The van der Waals surface area contributed by atoms with Crippen LogP contribution in [0.15, 0.2) is 221 Å². The maximum atomic E-state index is 6.39. The van der Waals surface area contributed by atoms with Gasteiger partial charge in [-0.05, 0) is 110 Å². The Labute approximate surface area is 340 Å². The first-order valence-electron chi connectivity index (χ1n) is 20.1. The highest BCUT2D eigenvalue weighted by atomic mass is 16.3. The molecular weight excluding hydrogens is 719 g/mol. The van der Waals surface area contributed by atoms with Crippen LogP contribution >= 0.6 is 0 Å². The Hall–Kier alpha value is -7.88. The van der Waals surface area contributed by atoms with Gasteiger partial charge in [-0.25, -0.2) is 0 Å². The van der Waals surface area contributed by atoms with Gasteiger partial charge in [-0.2, -0.15) is 0 Å². The summed E-state index contributed by atoms with van der Waals surface area (Å²) in [6, 6.07) is 75.8. The fraction of sp³-hybridized carbons (Fsp3) is 0. The Bertz CT molecular complexity index is 3440. The third-order valence-electron chi connectivity index (χ3n) is 11.8. The van der Waals surface area contributed by atoms with E-state index in [9.17, 15) is 0 Å². The number of nitrogens with zero attached hydrogens (tertiary/aromatic N) is 1. The van der Waals surface area contributed by atoms with Gasteiger partial charge in [0.25, 0.3) is 0 Å². The number of rotatable bonds is 6. The number of benzene rings is 10. The summed E-state index contributed by atoms with van der Waals surface area (Å²) in [5.41, 5.74) is 13.7. The predicted octanol–water partition coefficient (Wildman–Crippen LogP) is 16.3. The predicted molar refractivity (Wildman–Crippen MR) is 247 cm³/mol. The van der Waals surface area contributed by atoms with Crippen molar-refractivity contribution in [3.63, 3.8) is 0 Å². The summed E-state index contributed by atoms with van der Waals surface area (Å²) in [7, 11) is 0. The van der Waals surface area contributed by atoms with E-state index in [2.05, 4.69) is 193 Å². The lowest BCUT2D eigenvalue weighted by Gasteiger charge is -2.25. The van der Waals surface area contributed by atoms with Gasteiger partial charge < -0.3 is 13.7 Å². The lowest BCUT2D eigenvalue weighted by Crippen LogP contribution is -2.09. The van der Waals surface area contributed by atoms with Crippen molar-refractivity contribution in [3.05, 3.63) is 212 Å². The third kappa shape index (κ3) is 5.44. The van der Waals surface area contributed by atoms with E-state index in [1.807, 2.05) is 24.3 Å². The zero-order valence-corrected chi connectivity index (χ0v) is 32.0. The Morgan fingerprint density at radius 2 is 0.661 bits per heavy atom. The molecule has 2 heterocycles. The number of furan rings is 2. The summed E-state index contributed by atoms with van der Waals surface area (Å²) >= 11 is 0. The van der Waals surface area contributed by atoms with Crippen molar-refractivity contribution in [2.24, 2.45) is 0 Å². The molecule has 0 radical (unpaired) electrons. The minimum Gasteiger partial charge on any atom is -0.456 e. The first-order valence-corrected chi connectivity index (χ1v) is 20.1. The van der Waals surface area contributed by atoms with Gasteiger partial charge >= 0.3 is 0 Å². The average Bonchev–Trinajstić information content (AvgIpc) is 3.87. The summed E-state index contributed by atoms with van der Waals surface area (Å²) in [6.07, 6.45) is 0. The van der Waals surface area contributed by atoms with Crippen LogP contribution in [0, 0.1) is 0 Å². The van der Waals surface area contributed by atoms with Crippen molar-refractivity contribution in [2.75, 3.05) is 4.90 Å². The van der Waals surface area contributed by atoms with Gasteiger partial charge in [0.2, 0.25) is 0 Å². The van der Waals surface area contributed by atoms with E-state index in [0.29, 0.717) is 0 Å². The van der Waals surface area contributed by atoms with Gasteiger partial charge in [0.15, 0.2) is 0 Å². The van der Waals surface area contributed by atoms with Gasteiger partial charge in [-0.1, -0.05) is 146 Å². The minimum atomic E-state index is 0.850. The molecule has 0 spiro atoms. The summed E-state index contributed by atoms with van der Waals surface area (Å²) in [4.78, 5) is 2.28. The molecule has 0 fully saturated rings. The van der Waals surface area contributed by atoms with Crippen molar-refractivity contribution >= 4 is 82.5 Å². The van der Waals surface area contributed by atoms with E-state index in [4.69, 9.17) is 8.83 Å². The van der Waals surface area contributed by atoms with Crippen LogP contribution in [0.3, 0.4) is 0 Å². The van der Waals surface area contributed by atoms with Gasteiger partial charge in [-0.3, -0.25) is 0 Å². The highest BCUT2D eigenvalue weighted by molar-refractivity contribution is 6.21. The van der Waals surface area contributed by atoms with Crippen molar-refractivity contribution < 1.29 is 8.83 Å². The molecule has 12 aromatic rings. The maximum Gasteiger partial charge on any atom is 0.137 e. The fourth-order valence-electron chi connectivity index (χ4n) is 9.16. The molecule has 0 saturated carbocycles. The molecule has 0 aliphatic carbocycles. The highest BCUT2D eigenvalue weighted by Crippen LogP contribution is 2.46. The van der Waals surface area contributed by atoms with Crippen LogP contribution in [0.5, 0.6) is 0 Å². The molecule has 0 bridgehead atoms. The molecule has 10 aromatic carbocycles. The molecule has 0 amide bonds. The van der Waals surface area contributed by atoms with E-state index >= 15 is 0 Å². The van der Waals surface area contributed by atoms with E-state index in [1.165, 1.54) is 43.8 Å². The lowest BCUT2D eigenvalue weighted by atomic mass is 9.84. The van der Waals surface area contributed by atoms with Crippen LogP contribution in [-0.2, 0) is 0 Å². The van der Waals surface area contributed by atoms with Crippen molar-refractivity contribution in [3.8, 4) is 33.4 Å². The number of hydrogen-bond acceptors (Lipinski definition) is 3. The Balaban J connectivity index is 0.996. The number of para-hydroxylation sites is 2. The quantitative estimate of drug-likeness (QED) is 0.158. The zero-order chi connectivity index (χ0) is 38.9. The Kier molecular flexibility index (Phi) is 7.54. The molecule has 0 atom stereocenters. The monoisotopic (exact) mass is 753 g/mol. The molecule has 0 N–H and O–H groups in total. The molecule has 2 aromatic heterocycles. The van der Waals surface area contributed by atoms with Crippen LogP contribution < -0.4 is 4.90 Å². The summed E-state index contributed by atoms with van der Waals surface area (Å²) in [5.74, 6) is 0. The van der Waals surface area contributed by atoms with Gasteiger partial charge in [0, 0.05) is 50.7 Å². The second kappa shape index (κ2) is 13.4. The topological polar surface area (TPSA) is 29.5 Å². The SMILES string of the molecule is c1ccc(-c2c(-c3cccc(-c4ccc(N(c5ccc6c(c5)oc5ccccc56)c5ccc6c(c5)oc5ccccc56)cc4)c3)c3ccccc3c3ccccc23)cc1. The molecule has 0 unspecified atom stereocenters. The second-order valence-corrected chi connectivity index (χ2v) is 15.2. The van der Waals surface area contributed by atoms with Crippen molar-refractivity contribution in [1.29, 1.82) is 0 Å². The minimum absolute atomic E-state index is 0.850. The summed E-state index contributed by atoms with van der Waals surface area (Å²) in [6.45, 7) is 0. The van der Waals surface area contributed by atoms with Crippen LogP contribution in [0.4, 0.5) is 17.1 Å². The zero-order valence-electron chi connectivity index (χ0n) is 32.0.